The smallest absolute Gasteiger partial charge is 0.101 e. The quantitative estimate of drug-likeness (QED) is 0.215. The van der Waals surface area contributed by atoms with E-state index in [-0.39, 0.29) is 0 Å². The van der Waals surface area contributed by atoms with E-state index < -0.39 is 0 Å². The largest absolute Gasteiger partial charge is 0.309 e. The van der Waals surface area contributed by atoms with Gasteiger partial charge in [-0.05, 0) is 80.1 Å². The second-order valence-electron chi connectivity index (χ2n) is 11.4. The average Bonchev–Trinajstić information content (AvgIpc) is 3.56. The van der Waals surface area contributed by atoms with Crippen molar-refractivity contribution in [2.24, 2.45) is 0 Å². The molecule has 0 N–H and O–H groups in total. The molecule has 206 valence electrons. The van der Waals surface area contributed by atoms with Crippen molar-refractivity contribution >= 4 is 43.6 Å². The number of benzene rings is 6. The highest BCUT2D eigenvalue weighted by Crippen LogP contribution is 2.41. The summed E-state index contributed by atoms with van der Waals surface area (Å²) in [6, 6.07) is 46.5. The number of hydrogen-bond acceptors (Lipinski definition) is 2. The SMILES string of the molecule is Cc1ccc2c(c1)c1ccccc1n2-c1cc(-n2c3ccccc3c3cc(C)ccc32)c(-c2cccc(C#N)c2)cc1C#N. The van der Waals surface area contributed by atoms with Crippen LogP contribution in [-0.4, -0.2) is 9.13 Å². The number of hydrogen-bond donors (Lipinski definition) is 0. The summed E-state index contributed by atoms with van der Waals surface area (Å²) in [7, 11) is 0. The van der Waals surface area contributed by atoms with Crippen LogP contribution in [0.25, 0.3) is 66.1 Å². The number of rotatable bonds is 3. The Morgan fingerprint density at radius 2 is 1.05 bits per heavy atom. The highest BCUT2D eigenvalue weighted by Gasteiger charge is 2.21. The summed E-state index contributed by atoms with van der Waals surface area (Å²) >= 11 is 0. The van der Waals surface area contributed by atoms with Crippen molar-refractivity contribution < 1.29 is 0 Å². The molecule has 2 heterocycles. The maximum absolute atomic E-state index is 10.7. The molecular formula is C40H26N4. The first-order chi connectivity index (χ1) is 21.6. The van der Waals surface area contributed by atoms with Crippen LogP contribution < -0.4 is 0 Å². The highest BCUT2D eigenvalue weighted by atomic mass is 15.0. The number of aryl methyl sites for hydroxylation is 2. The minimum absolute atomic E-state index is 0.561. The van der Waals surface area contributed by atoms with Crippen molar-refractivity contribution in [3.05, 3.63) is 144 Å². The van der Waals surface area contributed by atoms with Crippen LogP contribution >= 0.6 is 0 Å². The molecule has 4 heteroatoms. The Kier molecular flexibility index (Phi) is 5.66. The van der Waals surface area contributed by atoms with Crippen LogP contribution in [0.3, 0.4) is 0 Å². The Morgan fingerprint density at radius 3 is 1.64 bits per heavy atom. The summed E-state index contributed by atoms with van der Waals surface area (Å²) in [5.74, 6) is 0. The zero-order chi connectivity index (χ0) is 29.9. The molecule has 0 spiro atoms. The monoisotopic (exact) mass is 562 g/mol. The van der Waals surface area contributed by atoms with Crippen molar-refractivity contribution in [3.8, 4) is 34.6 Å². The predicted molar refractivity (Wildman–Crippen MR) is 179 cm³/mol. The number of fused-ring (bicyclic) bond motifs is 6. The first kappa shape index (κ1) is 25.6. The van der Waals surface area contributed by atoms with Gasteiger partial charge in [0.05, 0.1) is 50.6 Å². The molecule has 0 aliphatic heterocycles. The molecule has 0 atom stereocenters. The molecule has 0 bridgehead atoms. The maximum Gasteiger partial charge on any atom is 0.101 e. The van der Waals surface area contributed by atoms with Crippen LogP contribution in [0.4, 0.5) is 0 Å². The van der Waals surface area contributed by atoms with Gasteiger partial charge in [0.1, 0.15) is 6.07 Å². The lowest BCUT2D eigenvalue weighted by molar-refractivity contribution is 1.13. The lowest BCUT2D eigenvalue weighted by Crippen LogP contribution is -2.04. The highest BCUT2D eigenvalue weighted by molar-refractivity contribution is 6.11. The summed E-state index contributed by atoms with van der Waals surface area (Å²) in [4.78, 5) is 0. The zero-order valence-corrected chi connectivity index (χ0v) is 24.3. The number of nitrogens with zero attached hydrogens (tertiary/aromatic N) is 4. The van der Waals surface area contributed by atoms with Gasteiger partial charge in [0, 0.05) is 27.1 Å². The number of nitriles is 2. The Labute approximate surface area is 254 Å². The molecule has 0 saturated carbocycles. The molecule has 0 amide bonds. The third-order valence-electron chi connectivity index (χ3n) is 8.68. The molecule has 0 fully saturated rings. The second-order valence-corrected chi connectivity index (χ2v) is 11.4. The van der Waals surface area contributed by atoms with Crippen molar-refractivity contribution in [1.82, 2.24) is 9.13 Å². The van der Waals surface area contributed by atoms with Gasteiger partial charge in [-0.15, -0.1) is 0 Å². The molecule has 8 aromatic rings. The molecule has 0 saturated heterocycles. The first-order valence-electron chi connectivity index (χ1n) is 14.6. The van der Waals surface area contributed by atoms with Gasteiger partial charge in [-0.1, -0.05) is 71.8 Å². The normalized spacial score (nSPS) is 11.4. The Bertz CT molecular complexity index is 2550. The van der Waals surface area contributed by atoms with Crippen LogP contribution in [0.5, 0.6) is 0 Å². The molecule has 44 heavy (non-hydrogen) atoms. The fraction of sp³-hybridized carbons (Fsp3) is 0.0500. The van der Waals surface area contributed by atoms with Crippen molar-refractivity contribution in [2.45, 2.75) is 13.8 Å². The molecule has 8 rings (SSSR count). The number of para-hydroxylation sites is 2. The van der Waals surface area contributed by atoms with E-state index in [9.17, 15) is 10.5 Å². The van der Waals surface area contributed by atoms with Crippen LogP contribution in [0.1, 0.15) is 22.3 Å². The Balaban J connectivity index is 1.56. The predicted octanol–water partition coefficient (Wildman–Crippen LogP) is 9.91. The van der Waals surface area contributed by atoms with Crippen molar-refractivity contribution in [2.75, 3.05) is 0 Å². The van der Waals surface area contributed by atoms with Gasteiger partial charge in [-0.25, -0.2) is 0 Å². The summed E-state index contributed by atoms with van der Waals surface area (Å²) in [6.07, 6.45) is 0. The van der Waals surface area contributed by atoms with Gasteiger partial charge in [0.2, 0.25) is 0 Å². The molecule has 0 unspecified atom stereocenters. The summed E-state index contributed by atoms with van der Waals surface area (Å²) in [5, 5.41) is 25.1. The maximum atomic E-state index is 10.7. The van der Waals surface area contributed by atoms with E-state index in [1.165, 1.54) is 21.9 Å². The molecule has 0 radical (unpaired) electrons. The topological polar surface area (TPSA) is 57.4 Å². The van der Waals surface area contributed by atoms with E-state index >= 15 is 0 Å². The van der Waals surface area contributed by atoms with Crippen LogP contribution in [0.2, 0.25) is 0 Å². The molecule has 4 nitrogen and oxygen atoms in total. The molecule has 0 aliphatic rings. The van der Waals surface area contributed by atoms with Gasteiger partial charge in [-0.2, -0.15) is 10.5 Å². The van der Waals surface area contributed by atoms with E-state index in [2.05, 4.69) is 126 Å². The Morgan fingerprint density at radius 1 is 0.477 bits per heavy atom. The minimum atomic E-state index is 0.561. The standard InChI is InChI=1S/C40H26N4/c1-25-14-16-37-33(18-25)30-10-3-5-12-35(30)43(37)39-22-40(32(21-29(39)24-42)28-9-7-8-27(20-28)23-41)44-36-13-6-4-11-31(36)34-19-26(2)15-17-38(34)44/h3-22H,1-2H3. The average molecular weight is 563 g/mol. The van der Waals surface area contributed by atoms with Crippen LogP contribution in [0, 0.1) is 36.5 Å². The van der Waals surface area contributed by atoms with E-state index in [4.69, 9.17) is 0 Å². The van der Waals surface area contributed by atoms with Crippen LogP contribution in [-0.2, 0) is 0 Å². The fourth-order valence-electron chi connectivity index (χ4n) is 6.72. The van der Waals surface area contributed by atoms with E-state index in [0.29, 0.717) is 11.1 Å². The van der Waals surface area contributed by atoms with Gasteiger partial charge in [0.25, 0.3) is 0 Å². The molecular weight excluding hydrogens is 536 g/mol. The summed E-state index contributed by atoms with van der Waals surface area (Å²) < 4.78 is 4.53. The van der Waals surface area contributed by atoms with Crippen molar-refractivity contribution in [1.29, 1.82) is 10.5 Å². The fourth-order valence-corrected chi connectivity index (χ4v) is 6.72. The van der Waals surface area contributed by atoms with Gasteiger partial charge in [-0.3, -0.25) is 0 Å². The second kappa shape index (κ2) is 9.73. The molecule has 0 aliphatic carbocycles. The molecule has 2 aromatic heterocycles. The lowest BCUT2D eigenvalue weighted by Gasteiger charge is -2.19. The zero-order valence-electron chi connectivity index (χ0n) is 24.3. The van der Waals surface area contributed by atoms with E-state index in [1.54, 1.807) is 0 Å². The van der Waals surface area contributed by atoms with Crippen LogP contribution in [0.15, 0.2) is 121 Å². The van der Waals surface area contributed by atoms with Crippen molar-refractivity contribution in [3.63, 3.8) is 0 Å². The summed E-state index contributed by atoms with van der Waals surface area (Å²) in [5.41, 5.74) is 11.3. The lowest BCUT2D eigenvalue weighted by atomic mass is 9.97. The Hall–Kier alpha value is -6.10. The molecule has 6 aromatic carbocycles. The third kappa shape index (κ3) is 3.76. The van der Waals surface area contributed by atoms with Gasteiger partial charge < -0.3 is 9.13 Å². The minimum Gasteiger partial charge on any atom is -0.309 e. The third-order valence-corrected chi connectivity index (χ3v) is 8.68. The first-order valence-corrected chi connectivity index (χ1v) is 14.6. The van der Waals surface area contributed by atoms with Gasteiger partial charge >= 0.3 is 0 Å². The van der Waals surface area contributed by atoms with E-state index in [0.717, 1.165) is 55.3 Å². The summed E-state index contributed by atoms with van der Waals surface area (Å²) in [6.45, 7) is 4.23. The van der Waals surface area contributed by atoms with Gasteiger partial charge in [0.15, 0.2) is 0 Å². The number of aromatic nitrogens is 2. The van der Waals surface area contributed by atoms with E-state index in [1.807, 2.05) is 30.3 Å².